The van der Waals surface area contributed by atoms with E-state index in [0.29, 0.717) is 6.42 Å². The molecule has 0 fully saturated rings. The van der Waals surface area contributed by atoms with Crippen molar-refractivity contribution >= 4 is 32.8 Å². The molecule has 18 heavy (non-hydrogen) atoms. The Kier molecular flexibility index (Phi) is 3.45. The Morgan fingerprint density at radius 1 is 1.56 bits per heavy atom. The molecule has 1 atom stereocenters. The van der Waals surface area contributed by atoms with Crippen LogP contribution in [0.3, 0.4) is 0 Å². The molecular formula is C13H15BrN2O2. The van der Waals surface area contributed by atoms with Crippen LogP contribution >= 0.6 is 15.9 Å². The normalized spacial score (nSPS) is 12.9. The van der Waals surface area contributed by atoms with Crippen molar-refractivity contribution in [3.05, 3.63) is 33.9 Å². The molecule has 4 nitrogen and oxygen atoms in total. The first-order valence-electron chi connectivity index (χ1n) is 5.64. The van der Waals surface area contributed by atoms with E-state index in [1.54, 1.807) is 0 Å². The average molecular weight is 311 g/mol. The Labute approximate surface area is 114 Å². The minimum Gasteiger partial charge on any atom is -0.480 e. The molecule has 0 saturated carbocycles. The van der Waals surface area contributed by atoms with Gasteiger partial charge in [0.1, 0.15) is 6.04 Å². The van der Waals surface area contributed by atoms with E-state index >= 15 is 0 Å². The van der Waals surface area contributed by atoms with Crippen molar-refractivity contribution in [2.45, 2.75) is 19.4 Å². The minimum absolute atomic E-state index is 0.334. The maximum absolute atomic E-state index is 10.9. The summed E-state index contributed by atoms with van der Waals surface area (Å²) in [5, 5.41) is 9.99. The molecule has 1 aromatic carbocycles. The van der Waals surface area contributed by atoms with Gasteiger partial charge in [0.15, 0.2) is 0 Å². The second-order valence-corrected chi connectivity index (χ2v) is 5.26. The van der Waals surface area contributed by atoms with Crippen LogP contribution < -0.4 is 5.73 Å². The zero-order chi connectivity index (χ0) is 13.4. The van der Waals surface area contributed by atoms with E-state index < -0.39 is 12.0 Å². The van der Waals surface area contributed by atoms with E-state index in [2.05, 4.69) is 20.5 Å². The van der Waals surface area contributed by atoms with Gasteiger partial charge in [-0.05, 0) is 24.6 Å². The molecule has 0 spiro atoms. The van der Waals surface area contributed by atoms with Crippen LogP contribution in [-0.2, 0) is 18.3 Å². The maximum atomic E-state index is 10.9. The number of halogens is 1. The summed E-state index contributed by atoms with van der Waals surface area (Å²) in [5.41, 5.74) is 8.77. The molecule has 96 valence electrons. The molecule has 0 radical (unpaired) electrons. The second-order valence-electron chi connectivity index (χ2n) is 4.41. The Bertz CT molecular complexity index is 619. The van der Waals surface area contributed by atoms with Crippen molar-refractivity contribution in [1.82, 2.24) is 4.57 Å². The minimum atomic E-state index is -0.974. The third-order valence-corrected chi connectivity index (χ3v) is 4.00. The molecule has 0 aliphatic carbocycles. The third kappa shape index (κ3) is 2.04. The zero-order valence-corrected chi connectivity index (χ0v) is 11.9. The van der Waals surface area contributed by atoms with E-state index in [-0.39, 0.29) is 0 Å². The van der Waals surface area contributed by atoms with Gasteiger partial charge in [-0.2, -0.15) is 0 Å². The molecule has 1 heterocycles. The zero-order valence-electron chi connectivity index (χ0n) is 10.3. The van der Waals surface area contributed by atoms with Gasteiger partial charge in [-0.1, -0.05) is 22.0 Å². The Morgan fingerprint density at radius 3 is 2.83 bits per heavy atom. The van der Waals surface area contributed by atoms with Crippen LogP contribution in [0.1, 0.15) is 11.3 Å². The highest BCUT2D eigenvalue weighted by atomic mass is 79.9. The number of hydrogen-bond acceptors (Lipinski definition) is 2. The summed E-state index contributed by atoms with van der Waals surface area (Å²) in [4.78, 5) is 10.9. The lowest BCUT2D eigenvalue weighted by Crippen LogP contribution is -2.32. The Balaban J connectivity index is 2.63. The van der Waals surface area contributed by atoms with Gasteiger partial charge in [-0.15, -0.1) is 0 Å². The predicted molar refractivity (Wildman–Crippen MR) is 74.7 cm³/mol. The number of aryl methyl sites for hydroxylation is 1. The molecule has 0 saturated heterocycles. The van der Waals surface area contributed by atoms with Crippen LogP contribution in [0.25, 0.3) is 10.9 Å². The first kappa shape index (κ1) is 13.1. The van der Waals surface area contributed by atoms with Gasteiger partial charge in [0.2, 0.25) is 0 Å². The molecule has 2 rings (SSSR count). The van der Waals surface area contributed by atoms with Crippen molar-refractivity contribution in [3.8, 4) is 0 Å². The Hall–Kier alpha value is -1.33. The molecule has 1 unspecified atom stereocenters. The van der Waals surface area contributed by atoms with E-state index in [4.69, 9.17) is 10.8 Å². The lowest BCUT2D eigenvalue weighted by Gasteiger charge is -2.07. The number of aliphatic carboxylic acids is 1. The summed E-state index contributed by atoms with van der Waals surface area (Å²) in [6.07, 6.45) is 0.334. The van der Waals surface area contributed by atoms with Crippen LogP contribution in [0.15, 0.2) is 22.7 Å². The second kappa shape index (κ2) is 4.74. The number of hydrogen-bond donors (Lipinski definition) is 2. The van der Waals surface area contributed by atoms with Crippen LogP contribution in [0.2, 0.25) is 0 Å². The number of carboxylic acids is 1. The summed E-state index contributed by atoms with van der Waals surface area (Å²) >= 11 is 3.52. The SMILES string of the molecule is Cc1c(CC(N)C(=O)O)c2c(Br)cccc2n1C. The maximum Gasteiger partial charge on any atom is 0.320 e. The molecule has 2 aromatic rings. The number of carboxylic acid groups (broad SMARTS) is 1. The number of carbonyl (C=O) groups is 1. The fourth-order valence-corrected chi connectivity index (χ4v) is 2.81. The van der Waals surface area contributed by atoms with E-state index in [1.165, 1.54) is 0 Å². The van der Waals surface area contributed by atoms with Crippen molar-refractivity contribution < 1.29 is 9.90 Å². The highest BCUT2D eigenvalue weighted by Crippen LogP contribution is 2.32. The first-order chi connectivity index (χ1) is 8.43. The van der Waals surface area contributed by atoms with Gasteiger partial charge in [0.05, 0.1) is 0 Å². The number of rotatable bonds is 3. The topological polar surface area (TPSA) is 68.2 Å². The van der Waals surface area contributed by atoms with Gasteiger partial charge in [-0.3, -0.25) is 4.79 Å². The van der Waals surface area contributed by atoms with Gasteiger partial charge in [0.25, 0.3) is 0 Å². The van der Waals surface area contributed by atoms with E-state index in [1.807, 2.05) is 32.2 Å². The predicted octanol–water partition coefficient (Wildman–Crippen LogP) is 2.20. The largest absolute Gasteiger partial charge is 0.480 e. The van der Waals surface area contributed by atoms with Crippen LogP contribution in [0, 0.1) is 6.92 Å². The van der Waals surface area contributed by atoms with Crippen molar-refractivity contribution in [2.75, 3.05) is 0 Å². The fourth-order valence-electron chi connectivity index (χ4n) is 2.21. The molecular weight excluding hydrogens is 296 g/mol. The lowest BCUT2D eigenvalue weighted by molar-refractivity contribution is -0.138. The number of nitrogens with two attached hydrogens (primary N) is 1. The summed E-state index contributed by atoms with van der Waals surface area (Å²) in [6, 6.07) is 5.06. The highest BCUT2D eigenvalue weighted by Gasteiger charge is 2.19. The molecule has 0 aliphatic rings. The van der Waals surface area contributed by atoms with E-state index in [9.17, 15) is 4.79 Å². The number of aromatic nitrogens is 1. The van der Waals surface area contributed by atoms with Crippen LogP contribution in [0.4, 0.5) is 0 Å². The Morgan fingerprint density at radius 2 is 2.22 bits per heavy atom. The molecule has 3 N–H and O–H groups in total. The summed E-state index contributed by atoms with van der Waals surface area (Å²) in [6.45, 7) is 1.98. The monoisotopic (exact) mass is 310 g/mol. The van der Waals surface area contributed by atoms with Crippen molar-refractivity contribution in [1.29, 1.82) is 0 Å². The van der Waals surface area contributed by atoms with Crippen LogP contribution in [-0.4, -0.2) is 21.7 Å². The van der Waals surface area contributed by atoms with Crippen molar-refractivity contribution in [3.63, 3.8) is 0 Å². The smallest absolute Gasteiger partial charge is 0.320 e. The van der Waals surface area contributed by atoms with Gasteiger partial charge >= 0.3 is 5.97 Å². The van der Waals surface area contributed by atoms with Gasteiger partial charge in [0, 0.05) is 34.5 Å². The number of benzene rings is 1. The lowest BCUT2D eigenvalue weighted by atomic mass is 10.0. The number of fused-ring (bicyclic) bond motifs is 1. The summed E-state index contributed by atoms with van der Waals surface area (Å²) in [7, 11) is 1.97. The van der Waals surface area contributed by atoms with Crippen molar-refractivity contribution in [2.24, 2.45) is 12.8 Å². The van der Waals surface area contributed by atoms with Gasteiger partial charge in [-0.25, -0.2) is 0 Å². The standard InChI is InChI=1S/C13H15BrN2O2/c1-7-8(6-10(15)13(17)18)12-9(14)4-3-5-11(12)16(7)2/h3-5,10H,6,15H2,1-2H3,(H,17,18). The molecule has 0 aliphatic heterocycles. The first-order valence-corrected chi connectivity index (χ1v) is 6.43. The summed E-state index contributed by atoms with van der Waals surface area (Å²) in [5.74, 6) is -0.974. The average Bonchev–Trinajstić information content (AvgIpc) is 2.56. The quantitative estimate of drug-likeness (QED) is 0.913. The molecule has 0 bridgehead atoms. The molecule has 5 heteroatoms. The highest BCUT2D eigenvalue weighted by molar-refractivity contribution is 9.10. The number of nitrogens with zero attached hydrogens (tertiary/aromatic N) is 1. The molecule has 0 amide bonds. The third-order valence-electron chi connectivity index (χ3n) is 3.34. The van der Waals surface area contributed by atoms with E-state index in [0.717, 1.165) is 26.6 Å². The molecule has 1 aromatic heterocycles. The van der Waals surface area contributed by atoms with Gasteiger partial charge < -0.3 is 15.4 Å². The summed E-state index contributed by atoms with van der Waals surface area (Å²) < 4.78 is 3.03. The van der Waals surface area contributed by atoms with Crippen LogP contribution in [0.5, 0.6) is 0 Å². The fraction of sp³-hybridized carbons (Fsp3) is 0.308.